The lowest BCUT2D eigenvalue weighted by atomic mass is 10.1. The molecule has 1 saturated heterocycles. The predicted molar refractivity (Wildman–Crippen MR) is 113 cm³/mol. The van der Waals surface area contributed by atoms with E-state index in [-0.39, 0.29) is 17.6 Å². The summed E-state index contributed by atoms with van der Waals surface area (Å²) in [5, 5.41) is 0.774. The number of sulfone groups is 1. The number of anilines is 1. The van der Waals surface area contributed by atoms with Crippen LogP contribution in [0.25, 0.3) is 10.2 Å². The van der Waals surface area contributed by atoms with Crippen molar-refractivity contribution >= 4 is 42.4 Å². The highest BCUT2D eigenvalue weighted by molar-refractivity contribution is 7.91. The van der Waals surface area contributed by atoms with E-state index in [0.29, 0.717) is 48.8 Å². The van der Waals surface area contributed by atoms with Gasteiger partial charge in [-0.15, -0.1) is 0 Å². The molecule has 30 heavy (non-hydrogen) atoms. The van der Waals surface area contributed by atoms with Crippen LogP contribution in [0.15, 0.2) is 41.3 Å². The van der Waals surface area contributed by atoms with E-state index in [9.17, 15) is 13.2 Å². The Morgan fingerprint density at radius 2 is 1.83 bits per heavy atom. The summed E-state index contributed by atoms with van der Waals surface area (Å²) < 4.78 is 35.6. The number of hydrogen-bond donors (Lipinski definition) is 0. The van der Waals surface area contributed by atoms with Gasteiger partial charge in [0.25, 0.3) is 5.91 Å². The number of benzene rings is 2. The van der Waals surface area contributed by atoms with Crippen LogP contribution in [0.5, 0.6) is 11.5 Å². The summed E-state index contributed by atoms with van der Waals surface area (Å²) in [6, 6.07) is 10.4. The van der Waals surface area contributed by atoms with Gasteiger partial charge in [-0.1, -0.05) is 17.4 Å². The molecule has 0 atom stereocenters. The van der Waals surface area contributed by atoms with Gasteiger partial charge in [0.1, 0.15) is 5.52 Å². The first-order valence-electron chi connectivity index (χ1n) is 9.44. The summed E-state index contributed by atoms with van der Waals surface area (Å²) in [5.74, 6) is 1.20. The molecule has 0 saturated carbocycles. The van der Waals surface area contributed by atoms with Crippen molar-refractivity contribution in [1.29, 1.82) is 0 Å². The molecule has 5 rings (SSSR count). The zero-order valence-corrected chi connectivity index (χ0v) is 17.8. The maximum Gasteiger partial charge on any atom is 0.254 e. The third-order valence-corrected chi connectivity index (χ3v) is 7.44. The highest BCUT2D eigenvalue weighted by Crippen LogP contribution is 2.34. The summed E-state index contributed by atoms with van der Waals surface area (Å²) in [5.41, 5.74) is 1.09. The molecule has 0 aliphatic carbocycles. The molecular formula is C20H19N3O5S2. The Balaban J connectivity index is 1.32. The molecule has 2 aliphatic rings. The third-order valence-electron chi connectivity index (χ3n) is 5.23. The van der Waals surface area contributed by atoms with E-state index in [2.05, 4.69) is 9.88 Å². The smallest absolute Gasteiger partial charge is 0.254 e. The summed E-state index contributed by atoms with van der Waals surface area (Å²) in [6.45, 7) is 2.55. The number of hydrogen-bond acceptors (Lipinski definition) is 8. The van der Waals surface area contributed by atoms with Gasteiger partial charge in [-0.05, 0) is 30.3 Å². The van der Waals surface area contributed by atoms with Gasteiger partial charge < -0.3 is 19.3 Å². The normalized spacial score (nSPS) is 16.3. The van der Waals surface area contributed by atoms with Crippen LogP contribution in [0.1, 0.15) is 10.4 Å². The molecule has 2 aliphatic heterocycles. The van der Waals surface area contributed by atoms with Crippen molar-refractivity contribution in [2.45, 2.75) is 4.90 Å². The van der Waals surface area contributed by atoms with Crippen molar-refractivity contribution < 1.29 is 22.7 Å². The van der Waals surface area contributed by atoms with Crippen molar-refractivity contribution in [2.75, 3.05) is 44.1 Å². The molecule has 1 amide bonds. The fraction of sp³-hybridized carbons (Fsp3) is 0.300. The summed E-state index contributed by atoms with van der Waals surface area (Å²) in [6.07, 6.45) is 1.20. The van der Waals surface area contributed by atoms with Crippen LogP contribution in [0.3, 0.4) is 0 Å². The Bertz CT molecular complexity index is 1250. The number of para-hydroxylation sites is 1. The quantitative estimate of drug-likeness (QED) is 0.612. The molecule has 0 bridgehead atoms. The first kappa shape index (κ1) is 19.1. The molecule has 0 radical (unpaired) electrons. The second kappa shape index (κ2) is 7.13. The molecule has 10 heteroatoms. The van der Waals surface area contributed by atoms with Gasteiger partial charge in [-0.3, -0.25) is 4.79 Å². The zero-order valence-electron chi connectivity index (χ0n) is 16.2. The van der Waals surface area contributed by atoms with Gasteiger partial charge in [0, 0.05) is 38.0 Å². The SMILES string of the molecule is CS(=O)(=O)c1cccc2sc(N3CCN(C(=O)c4ccc5c(c4)OCO5)CC3)nc12. The van der Waals surface area contributed by atoms with Gasteiger partial charge in [0.15, 0.2) is 26.5 Å². The number of amides is 1. The first-order chi connectivity index (χ1) is 14.4. The summed E-state index contributed by atoms with van der Waals surface area (Å²) in [7, 11) is -3.35. The number of ether oxygens (including phenoxy) is 2. The lowest BCUT2D eigenvalue weighted by molar-refractivity contribution is 0.0746. The number of carbonyl (C=O) groups excluding carboxylic acids is 1. The van der Waals surface area contributed by atoms with E-state index in [0.717, 1.165) is 9.83 Å². The topological polar surface area (TPSA) is 89.0 Å². The van der Waals surface area contributed by atoms with Gasteiger partial charge >= 0.3 is 0 Å². The number of nitrogens with zero attached hydrogens (tertiary/aromatic N) is 3. The van der Waals surface area contributed by atoms with Crippen molar-refractivity contribution in [3.8, 4) is 11.5 Å². The van der Waals surface area contributed by atoms with Crippen molar-refractivity contribution in [3.05, 3.63) is 42.0 Å². The van der Waals surface area contributed by atoms with E-state index < -0.39 is 9.84 Å². The molecule has 0 unspecified atom stereocenters. The third kappa shape index (κ3) is 3.35. The predicted octanol–water partition coefficient (Wildman–Crippen LogP) is 2.39. The van der Waals surface area contributed by atoms with Gasteiger partial charge in [-0.2, -0.15) is 0 Å². The lowest BCUT2D eigenvalue weighted by Gasteiger charge is -2.34. The van der Waals surface area contributed by atoms with Crippen LogP contribution in [-0.4, -0.2) is 63.4 Å². The summed E-state index contributed by atoms with van der Waals surface area (Å²) in [4.78, 5) is 21.6. The Hall–Kier alpha value is -2.85. The number of aromatic nitrogens is 1. The minimum atomic E-state index is -3.35. The molecule has 3 heterocycles. The van der Waals surface area contributed by atoms with Crippen LogP contribution >= 0.6 is 11.3 Å². The van der Waals surface area contributed by atoms with Crippen LogP contribution in [-0.2, 0) is 9.84 Å². The Morgan fingerprint density at radius 1 is 1.07 bits per heavy atom. The average molecular weight is 446 g/mol. The fourth-order valence-electron chi connectivity index (χ4n) is 3.66. The number of carbonyl (C=O) groups is 1. The number of fused-ring (bicyclic) bond motifs is 2. The molecule has 0 spiro atoms. The van der Waals surface area contributed by atoms with Gasteiger partial charge in [0.05, 0.1) is 9.60 Å². The van der Waals surface area contributed by atoms with Crippen LogP contribution < -0.4 is 14.4 Å². The van der Waals surface area contributed by atoms with E-state index in [4.69, 9.17) is 9.47 Å². The van der Waals surface area contributed by atoms with Crippen LogP contribution in [0.2, 0.25) is 0 Å². The molecule has 2 aromatic carbocycles. The number of thiazole rings is 1. The maximum atomic E-state index is 12.9. The number of rotatable bonds is 3. The minimum absolute atomic E-state index is 0.0448. The van der Waals surface area contributed by atoms with Gasteiger partial charge in [-0.25, -0.2) is 13.4 Å². The van der Waals surface area contributed by atoms with Crippen molar-refractivity contribution in [1.82, 2.24) is 9.88 Å². The van der Waals surface area contributed by atoms with Crippen LogP contribution in [0.4, 0.5) is 5.13 Å². The maximum absolute atomic E-state index is 12.9. The minimum Gasteiger partial charge on any atom is -0.454 e. The van der Waals surface area contributed by atoms with Gasteiger partial charge in [0.2, 0.25) is 6.79 Å². The summed E-state index contributed by atoms with van der Waals surface area (Å²) >= 11 is 1.47. The van der Waals surface area contributed by atoms with Crippen LogP contribution in [0, 0.1) is 0 Å². The zero-order chi connectivity index (χ0) is 20.9. The lowest BCUT2D eigenvalue weighted by Crippen LogP contribution is -2.48. The molecule has 3 aromatic rings. The standard InChI is InChI=1S/C20H19N3O5S2/c1-30(25,26)17-4-2-3-16-18(17)21-20(29-16)23-9-7-22(8-10-23)19(24)13-5-6-14-15(11-13)28-12-27-14/h2-6,11H,7-10,12H2,1H3. The molecule has 1 fully saturated rings. The highest BCUT2D eigenvalue weighted by atomic mass is 32.2. The Labute approximate surface area is 177 Å². The fourth-order valence-corrected chi connectivity index (χ4v) is 5.60. The van der Waals surface area contributed by atoms with E-state index in [1.54, 1.807) is 30.3 Å². The number of piperazine rings is 1. The molecule has 0 N–H and O–H groups in total. The second-order valence-electron chi connectivity index (χ2n) is 7.22. The first-order valence-corrected chi connectivity index (χ1v) is 12.1. The Kier molecular flexibility index (Phi) is 4.55. The second-order valence-corrected chi connectivity index (χ2v) is 10.2. The van der Waals surface area contributed by atoms with E-state index in [1.807, 2.05) is 11.0 Å². The monoisotopic (exact) mass is 445 g/mol. The molecule has 156 valence electrons. The molecular weight excluding hydrogens is 426 g/mol. The molecule has 8 nitrogen and oxygen atoms in total. The molecule has 1 aromatic heterocycles. The Morgan fingerprint density at radius 3 is 2.60 bits per heavy atom. The van der Waals surface area contributed by atoms with Crippen molar-refractivity contribution in [3.63, 3.8) is 0 Å². The van der Waals surface area contributed by atoms with Crippen molar-refractivity contribution in [2.24, 2.45) is 0 Å². The largest absolute Gasteiger partial charge is 0.454 e. The highest BCUT2D eigenvalue weighted by Gasteiger charge is 2.26. The van der Waals surface area contributed by atoms with E-state index in [1.165, 1.54) is 17.6 Å². The van der Waals surface area contributed by atoms with E-state index >= 15 is 0 Å². The average Bonchev–Trinajstić information content (AvgIpc) is 3.38.